The molecule has 1 heterocycles. The van der Waals surface area contributed by atoms with E-state index >= 15 is 0 Å². The van der Waals surface area contributed by atoms with Crippen molar-refractivity contribution in [3.63, 3.8) is 0 Å². The Hall–Kier alpha value is -2.49. The second-order valence-corrected chi connectivity index (χ2v) is 7.31. The van der Waals surface area contributed by atoms with E-state index < -0.39 is 0 Å². The number of carbonyl (C=O) groups excluding carboxylic acids is 1. The number of carbonyl (C=O) groups is 1. The zero-order valence-corrected chi connectivity index (χ0v) is 16.7. The lowest BCUT2D eigenvalue weighted by atomic mass is 9.95. The van der Waals surface area contributed by atoms with E-state index in [2.05, 4.69) is 19.9 Å². The summed E-state index contributed by atoms with van der Waals surface area (Å²) < 4.78 is 11.5. The second kappa shape index (κ2) is 8.47. The van der Waals surface area contributed by atoms with Crippen LogP contribution in [0.15, 0.2) is 42.5 Å². The van der Waals surface area contributed by atoms with Gasteiger partial charge in [-0.15, -0.1) is 0 Å². The van der Waals surface area contributed by atoms with Crippen LogP contribution in [0, 0.1) is 5.92 Å². The average molecular weight is 367 g/mol. The Morgan fingerprint density at radius 2 is 1.70 bits per heavy atom. The molecule has 0 bridgehead atoms. The van der Waals surface area contributed by atoms with Crippen LogP contribution in [0.2, 0.25) is 0 Å². The molecule has 0 saturated carbocycles. The average Bonchev–Trinajstić information content (AvgIpc) is 2.98. The van der Waals surface area contributed by atoms with E-state index in [4.69, 9.17) is 9.47 Å². The summed E-state index contributed by atoms with van der Waals surface area (Å²) in [5.74, 6) is 2.08. The number of hydrogen-bond donors (Lipinski definition) is 0. The highest BCUT2D eigenvalue weighted by atomic mass is 16.5. The number of ether oxygens (including phenoxy) is 2. The molecule has 3 rings (SSSR count). The van der Waals surface area contributed by atoms with Gasteiger partial charge in [0.15, 0.2) is 11.5 Å². The Labute approximate surface area is 162 Å². The Kier molecular flexibility index (Phi) is 6.04. The van der Waals surface area contributed by atoms with Gasteiger partial charge in [-0.3, -0.25) is 4.79 Å². The van der Waals surface area contributed by atoms with Crippen LogP contribution in [0.25, 0.3) is 0 Å². The SMILES string of the molecule is CCOc1ccc(C(CC(C)C)N2Cc3ccccc3C2=O)cc1OCC. The van der Waals surface area contributed by atoms with Gasteiger partial charge in [-0.1, -0.05) is 38.1 Å². The molecule has 0 aliphatic carbocycles. The third-order valence-electron chi connectivity index (χ3n) is 4.87. The van der Waals surface area contributed by atoms with Crippen molar-refractivity contribution >= 4 is 5.91 Å². The summed E-state index contributed by atoms with van der Waals surface area (Å²) in [5.41, 5.74) is 3.02. The molecule has 1 atom stereocenters. The molecular formula is C23H29NO3. The zero-order valence-electron chi connectivity index (χ0n) is 16.7. The number of hydrogen-bond acceptors (Lipinski definition) is 3. The van der Waals surface area contributed by atoms with E-state index in [1.807, 2.05) is 55.1 Å². The number of fused-ring (bicyclic) bond motifs is 1. The van der Waals surface area contributed by atoms with Gasteiger partial charge >= 0.3 is 0 Å². The van der Waals surface area contributed by atoms with Crippen LogP contribution in [0.3, 0.4) is 0 Å². The van der Waals surface area contributed by atoms with Gasteiger partial charge in [0.1, 0.15) is 0 Å². The maximum absolute atomic E-state index is 13.0. The molecule has 1 aliphatic rings. The summed E-state index contributed by atoms with van der Waals surface area (Å²) in [6, 6.07) is 14.0. The van der Waals surface area contributed by atoms with Crippen molar-refractivity contribution in [2.24, 2.45) is 5.92 Å². The van der Waals surface area contributed by atoms with E-state index in [9.17, 15) is 4.79 Å². The summed E-state index contributed by atoms with van der Waals surface area (Å²) in [6.45, 7) is 10.1. The van der Waals surface area contributed by atoms with Crippen molar-refractivity contribution in [1.29, 1.82) is 0 Å². The molecule has 0 fully saturated rings. The molecule has 27 heavy (non-hydrogen) atoms. The van der Waals surface area contributed by atoms with Gasteiger partial charge in [0.2, 0.25) is 0 Å². The minimum absolute atomic E-state index is 0.0137. The van der Waals surface area contributed by atoms with Crippen molar-refractivity contribution in [2.45, 2.75) is 46.7 Å². The molecule has 1 aliphatic heterocycles. The van der Waals surface area contributed by atoms with Crippen molar-refractivity contribution in [3.05, 3.63) is 59.2 Å². The molecule has 1 unspecified atom stereocenters. The maximum Gasteiger partial charge on any atom is 0.255 e. The van der Waals surface area contributed by atoms with Gasteiger partial charge < -0.3 is 14.4 Å². The number of nitrogens with zero attached hydrogens (tertiary/aromatic N) is 1. The van der Waals surface area contributed by atoms with Crippen LogP contribution in [-0.2, 0) is 6.54 Å². The normalized spacial score (nSPS) is 14.4. The van der Waals surface area contributed by atoms with Crippen LogP contribution < -0.4 is 9.47 Å². The third kappa shape index (κ3) is 4.10. The highest BCUT2D eigenvalue weighted by molar-refractivity contribution is 5.98. The van der Waals surface area contributed by atoms with Crippen LogP contribution >= 0.6 is 0 Å². The molecule has 0 spiro atoms. The molecule has 0 radical (unpaired) electrons. The number of amides is 1. The van der Waals surface area contributed by atoms with Crippen molar-refractivity contribution in [1.82, 2.24) is 4.90 Å². The quantitative estimate of drug-likeness (QED) is 0.641. The summed E-state index contributed by atoms with van der Waals surface area (Å²) in [4.78, 5) is 15.0. The van der Waals surface area contributed by atoms with Crippen LogP contribution in [0.5, 0.6) is 11.5 Å². The molecule has 2 aromatic rings. The Bertz CT molecular complexity index is 800. The molecule has 4 heteroatoms. The standard InChI is InChI=1S/C23H29NO3/c1-5-26-21-12-11-17(14-22(21)27-6-2)20(13-16(3)4)24-15-18-9-7-8-10-19(18)23(24)25/h7-12,14,16,20H,5-6,13,15H2,1-4H3. The lowest BCUT2D eigenvalue weighted by Gasteiger charge is -2.30. The summed E-state index contributed by atoms with van der Waals surface area (Å²) >= 11 is 0. The molecule has 1 amide bonds. The predicted molar refractivity (Wildman–Crippen MR) is 107 cm³/mol. The molecule has 4 nitrogen and oxygen atoms in total. The van der Waals surface area contributed by atoms with Crippen molar-refractivity contribution < 1.29 is 14.3 Å². The first-order valence-corrected chi connectivity index (χ1v) is 9.83. The first-order valence-electron chi connectivity index (χ1n) is 9.83. The van der Waals surface area contributed by atoms with E-state index in [1.165, 1.54) is 0 Å². The number of benzene rings is 2. The molecule has 0 N–H and O–H groups in total. The smallest absolute Gasteiger partial charge is 0.255 e. The molecule has 144 valence electrons. The van der Waals surface area contributed by atoms with Crippen molar-refractivity contribution in [2.75, 3.05) is 13.2 Å². The summed E-state index contributed by atoms with van der Waals surface area (Å²) in [6.07, 6.45) is 0.902. The fourth-order valence-electron chi connectivity index (χ4n) is 3.69. The monoisotopic (exact) mass is 367 g/mol. The van der Waals surface area contributed by atoms with E-state index in [0.717, 1.165) is 34.6 Å². The molecule has 0 aromatic heterocycles. The van der Waals surface area contributed by atoms with Crippen LogP contribution in [-0.4, -0.2) is 24.0 Å². The minimum atomic E-state index is 0.0137. The third-order valence-corrected chi connectivity index (χ3v) is 4.87. The maximum atomic E-state index is 13.0. The van der Waals surface area contributed by atoms with Gasteiger partial charge in [-0.05, 0) is 55.5 Å². The fraction of sp³-hybridized carbons (Fsp3) is 0.435. The van der Waals surface area contributed by atoms with E-state index in [1.54, 1.807) is 0 Å². The summed E-state index contributed by atoms with van der Waals surface area (Å²) in [5, 5.41) is 0. The van der Waals surface area contributed by atoms with Gasteiger partial charge in [0.25, 0.3) is 5.91 Å². The molecule has 0 saturated heterocycles. The topological polar surface area (TPSA) is 38.8 Å². The lowest BCUT2D eigenvalue weighted by Crippen LogP contribution is -2.30. The predicted octanol–water partition coefficient (Wildman–Crippen LogP) is 5.23. The summed E-state index contributed by atoms with van der Waals surface area (Å²) in [7, 11) is 0. The largest absolute Gasteiger partial charge is 0.490 e. The van der Waals surface area contributed by atoms with E-state index in [0.29, 0.717) is 25.7 Å². The highest BCUT2D eigenvalue weighted by Gasteiger charge is 2.33. The Morgan fingerprint density at radius 3 is 2.37 bits per heavy atom. The fourth-order valence-corrected chi connectivity index (χ4v) is 3.69. The Morgan fingerprint density at radius 1 is 1.00 bits per heavy atom. The van der Waals surface area contributed by atoms with Gasteiger partial charge in [0.05, 0.1) is 19.3 Å². The molecular weight excluding hydrogens is 338 g/mol. The van der Waals surface area contributed by atoms with Gasteiger partial charge in [0, 0.05) is 12.1 Å². The van der Waals surface area contributed by atoms with E-state index in [-0.39, 0.29) is 11.9 Å². The van der Waals surface area contributed by atoms with Gasteiger partial charge in [-0.25, -0.2) is 0 Å². The zero-order chi connectivity index (χ0) is 19.4. The van der Waals surface area contributed by atoms with Crippen LogP contribution in [0.1, 0.15) is 61.6 Å². The second-order valence-electron chi connectivity index (χ2n) is 7.31. The van der Waals surface area contributed by atoms with Gasteiger partial charge in [-0.2, -0.15) is 0 Å². The Balaban J connectivity index is 1.96. The van der Waals surface area contributed by atoms with Crippen LogP contribution in [0.4, 0.5) is 0 Å². The van der Waals surface area contributed by atoms with Crippen molar-refractivity contribution in [3.8, 4) is 11.5 Å². The highest BCUT2D eigenvalue weighted by Crippen LogP contribution is 2.38. The minimum Gasteiger partial charge on any atom is -0.490 e. The molecule has 2 aromatic carbocycles. The first-order chi connectivity index (χ1) is 13.0. The first kappa shape index (κ1) is 19.3. The lowest BCUT2D eigenvalue weighted by molar-refractivity contribution is 0.0678. The number of rotatable bonds is 8.